The van der Waals surface area contributed by atoms with Crippen LogP contribution in [0.2, 0.25) is 0 Å². The topological polar surface area (TPSA) is 78.9 Å². The van der Waals surface area contributed by atoms with Crippen LogP contribution in [0.25, 0.3) is 0 Å². The molecule has 0 aromatic heterocycles. The van der Waals surface area contributed by atoms with Crippen molar-refractivity contribution in [2.24, 2.45) is 0 Å². The molecule has 0 saturated heterocycles. The van der Waals surface area contributed by atoms with E-state index in [1.165, 1.54) is 57.8 Å². The molecule has 78 heavy (non-hydrogen) atoms. The van der Waals surface area contributed by atoms with Crippen LogP contribution in [0.4, 0.5) is 0 Å². The number of hydrogen-bond acceptors (Lipinski definition) is 6. The average molecular weight is 1080 g/mol. The van der Waals surface area contributed by atoms with Gasteiger partial charge in [0.1, 0.15) is 13.2 Å². The van der Waals surface area contributed by atoms with Crippen LogP contribution in [-0.4, -0.2) is 37.2 Å². The van der Waals surface area contributed by atoms with E-state index in [0.29, 0.717) is 19.3 Å². The molecule has 0 spiro atoms. The molecular weight excluding hydrogens is 961 g/mol. The molecule has 0 aliphatic carbocycles. The van der Waals surface area contributed by atoms with E-state index in [1.54, 1.807) is 0 Å². The maximum absolute atomic E-state index is 12.9. The van der Waals surface area contributed by atoms with Gasteiger partial charge in [-0.05, 0) is 148 Å². The zero-order chi connectivity index (χ0) is 56.4. The molecule has 0 amide bonds. The summed E-state index contributed by atoms with van der Waals surface area (Å²) in [5.74, 6) is -0.982. The first-order valence-electron chi connectivity index (χ1n) is 31.5. The molecular formula is C72H114O6. The molecule has 0 aromatic rings. The van der Waals surface area contributed by atoms with Gasteiger partial charge in [0.05, 0.1) is 0 Å². The molecule has 0 fully saturated rings. The van der Waals surface area contributed by atoms with Crippen LogP contribution in [0.1, 0.15) is 258 Å². The minimum Gasteiger partial charge on any atom is -0.462 e. The lowest BCUT2D eigenvalue weighted by Gasteiger charge is -2.18. The zero-order valence-corrected chi connectivity index (χ0v) is 50.1. The quantitative estimate of drug-likeness (QED) is 0.0261. The van der Waals surface area contributed by atoms with Crippen LogP contribution in [0, 0.1) is 0 Å². The third-order valence-electron chi connectivity index (χ3n) is 12.7. The van der Waals surface area contributed by atoms with Gasteiger partial charge < -0.3 is 14.2 Å². The Labute approximate surface area is 480 Å². The normalized spacial score (nSPS) is 13.2. The first-order valence-corrected chi connectivity index (χ1v) is 31.5. The Morgan fingerprint density at radius 1 is 0.269 bits per heavy atom. The lowest BCUT2D eigenvalue weighted by atomic mass is 10.1. The van der Waals surface area contributed by atoms with Gasteiger partial charge in [0.15, 0.2) is 6.10 Å². The monoisotopic (exact) mass is 1070 g/mol. The standard InChI is InChI=1S/C72H114O6/c1-4-7-10-13-16-19-22-25-28-30-32-34-35-36-37-39-40-42-44-47-50-53-56-59-62-65-71(74)77-68-69(67-76-70(73)64-61-58-55-52-49-46-27-24-21-18-15-12-9-6-3)78-72(75)66-63-60-57-54-51-48-45-43-41-38-33-31-29-26-23-20-17-14-11-8-5-2/h7-8,10-11,16-17,19-20,24-29,32-34,36-38,40,42-43,45,51,54,69H,4-6,9,12-15,18,21-23,30-31,35,39,41,44,46-50,52-53,55-68H2,1-3H3/b10-7-,11-8-,19-16-,20-17-,27-24-,28-25-,29-26-,34-32-,37-36-,38-33-,42-40-,45-43-,54-51-. The van der Waals surface area contributed by atoms with E-state index in [0.717, 1.165) is 154 Å². The van der Waals surface area contributed by atoms with Crippen LogP contribution in [0.3, 0.4) is 0 Å². The first kappa shape index (κ1) is 73.0. The summed E-state index contributed by atoms with van der Waals surface area (Å²) < 4.78 is 16.9. The number of rotatable bonds is 55. The van der Waals surface area contributed by atoms with Gasteiger partial charge in [0.2, 0.25) is 0 Å². The minimum atomic E-state index is -0.820. The SMILES string of the molecule is CC/C=C\C/C=C\C/C=C\C/C=C\C/C=C\C/C=C\CCCCCCCCC(=O)OCC(COC(=O)CCCCCCC/C=C\CCCCCCC)OC(=O)CCCC/C=C\C/C=C\C/C=C\C/C=C\C/C=C\C/C=C\CC. The maximum atomic E-state index is 12.9. The number of hydrogen-bond donors (Lipinski definition) is 0. The van der Waals surface area contributed by atoms with Crippen LogP contribution in [0.5, 0.6) is 0 Å². The predicted molar refractivity (Wildman–Crippen MR) is 338 cm³/mol. The molecule has 438 valence electrons. The molecule has 0 aromatic carbocycles. The number of unbranched alkanes of at least 4 members (excludes halogenated alkanes) is 18. The molecule has 0 aliphatic heterocycles. The summed E-state index contributed by atoms with van der Waals surface area (Å²) >= 11 is 0. The van der Waals surface area contributed by atoms with E-state index in [1.807, 2.05) is 0 Å². The number of ether oxygens (including phenoxy) is 3. The fraction of sp³-hybridized carbons (Fsp3) is 0.597. The summed E-state index contributed by atoms with van der Waals surface area (Å²) in [6.45, 7) is 6.34. The molecule has 0 aliphatic rings. The van der Waals surface area contributed by atoms with E-state index in [9.17, 15) is 14.4 Å². The Morgan fingerprint density at radius 2 is 0.500 bits per heavy atom. The van der Waals surface area contributed by atoms with Gasteiger partial charge in [0.25, 0.3) is 0 Å². The summed E-state index contributed by atoms with van der Waals surface area (Å²) in [5.41, 5.74) is 0. The summed E-state index contributed by atoms with van der Waals surface area (Å²) in [6.07, 6.45) is 93.8. The van der Waals surface area contributed by atoms with Crippen molar-refractivity contribution in [2.75, 3.05) is 13.2 Å². The van der Waals surface area contributed by atoms with E-state index in [-0.39, 0.29) is 37.5 Å². The highest BCUT2D eigenvalue weighted by molar-refractivity contribution is 5.71. The summed E-state index contributed by atoms with van der Waals surface area (Å²) in [7, 11) is 0. The predicted octanol–water partition coefficient (Wildman–Crippen LogP) is 21.7. The van der Waals surface area contributed by atoms with Crippen molar-refractivity contribution < 1.29 is 28.6 Å². The minimum absolute atomic E-state index is 0.111. The summed E-state index contributed by atoms with van der Waals surface area (Å²) in [4.78, 5) is 38.3. The highest BCUT2D eigenvalue weighted by Gasteiger charge is 2.19. The molecule has 0 saturated carbocycles. The zero-order valence-electron chi connectivity index (χ0n) is 50.1. The van der Waals surface area contributed by atoms with E-state index < -0.39 is 6.10 Å². The van der Waals surface area contributed by atoms with Crippen molar-refractivity contribution in [3.8, 4) is 0 Å². The van der Waals surface area contributed by atoms with E-state index in [2.05, 4.69) is 179 Å². The lowest BCUT2D eigenvalue weighted by molar-refractivity contribution is -0.167. The lowest BCUT2D eigenvalue weighted by Crippen LogP contribution is -2.30. The molecule has 0 N–H and O–H groups in total. The first-order chi connectivity index (χ1) is 38.5. The van der Waals surface area contributed by atoms with Gasteiger partial charge in [-0.2, -0.15) is 0 Å². The van der Waals surface area contributed by atoms with Crippen LogP contribution in [0.15, 0.2) is 158 Å². The molecule has 0 radical (unpaired) electrons. The Kier molecular flexibility index (Phi) is 60.4. The fourth-order valence-electron chi connectivity index (χ4n) is 8.09. The van der Waals surface area contributed by atoms with Gasteiger partial charge in [-0.3, -0.25) is 14.4 Å². The average Bonchev–Trinajstić information content (AvgIpc) is 3.44. The second-order valence-electron chi connectivity index (χ2n) is 20.2. The van der Waals surface area contributed by atoms with Crippen LogP contribution in [-0.2, 0) is 28.6 Å². The number of allylic oxidation sites excluding steroid dienone is 26. The van der Waals surface area contributed by atoms with Gasteiger partial charge in [0, 0.05) is 19.3 Å². The van der Waals surface area contributed by atoms with Gasteiger partial charge in [-0.25, -0.2) is 0 Å². The number of carbonyl (C=O) groups excluding carboxylic acids is 3. The Balaban J connectivity index is 4.50. The second kappa shape index (κ2) is 64.6. The fourth-order valence-corrected chi connectivity index (χ4v) is 8.09. The Bertz CT molecular complexity index is 1760. The Hall–Kier alpha value is -4.97. The molecule has 0 rings (SSSR count). The molecule has 1 unspecified atom stereocenters. The molecule has 6 heteroatoms. The highest BCUT2D eigenvalue weighted by Crippen LogP contribution is 2.13. The molecule has 0 bridgehead atoms. The van der Waals surface area contributed by atoms with Crippen molar-refractivity contribution in [1.29, 1.82) is 0 Å². The van der Waals surface area contributed by atoms with Crippen molar-refractivity contribution in [1.82, 2.24) is 0 Å². The number of esters is 3. The van der Waals surface area contributed by atoms with E-state index in [4.69, 9.17) is 14.2 Å². The van der Waals surface area contributed by atoms with Gasteiger partial charge in [-0.15, -0.1) is 0 Å². The smallest absolute Gasteiger partial charge is 0.306 e. The third-order valence-corrected chi connectivity index (χ3v) is 12.7. The summed E-state index contributed by atoms with van der Waals surface area (Å²) in [6, 6.07) is 0. The summed E-state index contributed by atoms with van der Waals surface area (Å²) in [5, 5.41) is 0. The largest absolute Gasteiger partial charge is 0.462 e. The van der Waals surface area contributed by atoms with Gasteiger partial charge >= 0.3 is 17.9 Å². The third kappa shape index (κ3) is 61.9. The molecule has 6 nitrogen and oxygen atoms in total. The van der Waals surface area contributed by atoms with Crippen LogP contribution < -0.4 is 0 Å². The van der Waals surface area contributed by atoms with Crippen molar-refractivity contribution in [3.05, 3.63) is 158 Å². The van der Waals surface area contributed by atoms with Crippen molar-refractivity contribution >= 4 is 17.9 Å². The van der Waals surface area contributed by atoms with Crippen molar-refractivity contribution in [2.45, 2.75) is 264 Å². The maximum Gasteiger partial charge on any atom is 0.306 e. The van der Waals surface area contributed by atoms with E-state index >= 15 is 0 Å². The van der Waals surface area contributed by atoms with Crippen molar-refractivity contribution in [3.63, 3.8) is 0 Å². The van der Waals surface area contributed by atoms with Gasteiger partial charge in [-0.1, -0.05) is 249 Å². The number of carbonyl (C=O) groups is 3. The molecule has 1 atom stereocenters. The second-order valence-corrected chi connectivity index (χ2v) is 20.2. The van der Waals surface area contributed by atoms with Crippen LogP contribution >= 0.6 is 0 Å². The Morgan fingerprint density at radius 3 is 0.821 bits per heavy atom. The highest BCUT2D eigenvalue weighted by atomic mass is 16.6. The molecule has 0 heterocycles.